The average Bonchev–Trinajstić information content (AvgIpc) is 2.89. The zero-order chi connectivity index (χ0) is 17.7. The first-order valence-corrected chi connectivity index (χ1v) is 10.5. The van der Waals surface area contributed by atoms with Gasteiger partial charge in [0.05, 0.1) is 16.5 Å². The molecule has 2 unspecified atom stereocenters. The molecule has 0 aliphatic carbocycles. The molecule has 0 aromatic heterocycles. The molecular weight excluding hydrogens is 350 g/mol. The smallest absolute Gasteiger partial charge is 0.263 e. The highest BCUT2D eigenvalue weighted by molar-refractivity contribution is 7.91. The third-order valence-electron chi connectivity index (χ3n) is 4.17. The predicted molar refractivity (Wildman–Crippen MR) is 95.2 cm³/mol. The van der Waals surface area contributed by atoms with E-state index in [4.69, 9.17) is 16.3 Å². The Kier molecular flexibility index (Phi) is 6.52. The van der Waals surface area contributed by atoms with Crippen LogP contribution in [0.25, 0.3) is 0 Å². The molecule has 1 aromatic rings. The molecule has 1 fully saturated rings. The molecule has 2 rings (SSSR count). The number of carbonyl (C=O) groups excluding carboxylic acids is 1. The third-order valence-corrected chi connectivity index (χ3v) is 6.24. The number of carbonyl (C=O) groups is 1. The quantitative estimate of drug-likeness (QED) is 0.737. The first-order valence-electron chi connectivity index (χ1n) is 8.26. The van der Waals surface area contributed by atoms with E-state index in [1.165, 1.54) is 0 Å². The molecule has 1 heterocycles. The van der Waals surface area contributed by atoms with Gasteiger partial charge in [-0.3, -0.25) is 4.79 Å². The van der Waals surface area contributed by atoms with E-state index >= 15 is 0 Å². The van der Waals surface area contributed by atoms with E-state index in [0.717, 1.165) is 12.8 Å². The maximum Gasteiger partial charge on any atom is 0.263 e. The van der Waals surface area contributed by atoms with Crippen molar-refractivity contribution in [2.75, 3.05) is 18.1 Å². The van der Waals surface area contributed by atoms with Crippen LogP contribution in [-0.2, 0) is 14.6 Å². The molecule has 1 aliphatic heterocycles. The number of ether oxygens (including phenoxy) is 1. The highest BCUT2D eigenvalue weighted by Crippen LogP contribution is 2.25. The highest BCUT2D eigenvalue weighted by Gasteiger charge is 2.36. The van der Waals surface area contributed by atoms with Gasteiger partial charge in [-0.1, -0.05) is 37.1 Å². The molecule has 1 aliphatic rings. The number of benzene rings is 1. The first kappa shape index (κ1) is 19.1. The maximum atomic E-state index is 12.8. The van der Waals surface area contributed by atoms with Crippen molar-refractivity contribution in [1.29, 1.82) is 0 Å². The van der Waals surface area contributed by atoms with Crippen LogP contribution in [0.1, 0.15) is 33.1 Å². The van der Waals surface area contributed by atoms with Gasteiger partial charge in [-0.15, -0.1) is 0 Å². The van der Waals surface area contributed by atoms with Gasteiger partial charge in [0.2, 0.25) is 0 Å². The number of unbranched alkanes of at least 4 members (excludes halogenated alkanes) is 1. The molecule has 1 saturated heterocycles. The topological polar surface area (TPSA) is 63.7 Å². The Labute approximate surface area is 148 Å². The van der Waals surface area contributed by atoms with Crippen LogP contribution in [0.4, 0.5) is 0 Å². The Morgan fingerprint density at radius 1 is 1.42 bits per heavy atom. The number of para-hydroxylation sites is 1. The summed E-state index contributed by atoms with van der Waals surface area (Å²) in [6, 6.07) is 6.73. The number of amides is 1. The van der Waals surface area contributed by atoms with Crippen LogP contribution in [0.2, 0.25) is 5.02 Å². The molecule has 0 bridgehead atoms. The van der Waals surface area contributed by atoms with E-state index in [0.29, 0.717) is 23.7 Å². The second kappa shape index (κ2) is 8.21. The normalized spacial score (nSPS) is 20.5. The summed E-state index contributed by atoms with van der Waals surface area (Å²) in [6.45, 7) is 4.26. The lowest BCUT2D eigenvalue weighted by Gasteiger charge is -2.31. The molecule has 2 atom stereocenters. The lowest BCUT2D eigenvalue weighted by molar-refractivity contribution is -0.140. The monoisotopic (exact) mass is 373 g/mol. The van der Waals surface area contributed by atoms with Crippen molar-refractivity contribution in [3.63, 3.8) is 0 Å². The fraction of sp³-hybridized carbons (Fsp3) is 0.588. The van der Waals surface area contributed by atoms with Crippen molar-refractivity contribution in [3.05, 3.63) is 29.3 Å². The Morgan fingerprint density at radius 3 is 2.71 bits per heavy atom. The molecule has 0 spiro atoms. The van der Waals surface area contributed by atoms with Crippen LogP contribution < -0.4 is 4.74 Å². The Bertz CT molecular complexity index is 677. The fourth-order valence-corrected chi connectivity index (χ4v) is 4.75. The summed E-state index contributed by atoms with van der Waals surface area (Å²) in [4.78, 5) is 14.5. The van der Waals surface area contributed by atoms with Crippen molar-refractivity contribution in [2.45, 2.75) is 45.3 Å². The van der Waals surface area contributed by atoms with Gasteiger partial charge in [0.1, 0.15) is 5.75 Å². The molecule has 1 aromatic carbocycles. The summed E-state index contributed by atoms with van der Waals surface area (Å²) in [6.07, 6.45) is 1.55. The second-order valence-corrected chi connectivity index (χ2v) is 8.77. The number of sulfone groups is 1. The Balaban J connectivity index is 2.10. The summed E-state index contributed by atoms with van der Waals surface area (Å²) in [5.41, 5.74) is 0. The van der Waals surface area contributed by atoms with Crippen LogP contribution in [-0.4, -0.2) is 49.4 Å². The third kappa shape index (κ3) is 4.86. The predicted octanol–water partition coefficient (Wildman–Crippen LogP) is 2.92. The molecular formula is C17H24ClNO4S. The zero-order valence-electron chi connectivity index (χ0n) is 14.1. The minimum Gasteiger partial charge on any atom is -0.479 e. The van der Waals surface area contributed by atoms with Gasteiger partial charge < -0.3 is 9.64 Å². The molecule has 134 valence electrons. The van der Waals surface area contributed by atoms with Crippen LogP contribution >= 0.6 is 11.6 Å². The molecule has 24 heavy (non-hydrogen) atoms. The first-order chi connectivity index (χ1) is 11.3. The SMILES string of the molecule is CCCCN(C(=O)C(C)Oc1ccccc1Cl)C1CCS(=O)(=O)C1. The van der Waals surface area contributed by atoms with Crippen LogP contribution in [0.5, 0.6) is 5.75 Å². The number of nitrogens with zero attached hydrogens (tertiary/aromatic N) is 1. The van der Waals surface area contributed by atoms with Crippen molar-refractivity contribution < 1.29 is 17.9 Å². The van der Waals surface area contributed by atoms with E-state index in [1.807, 2.05) is 6.92 Å². The second-order valence-electron chi connectivity index (χ2n) is 6.13. The summed E-state index contributed by atoms with van der Waals surface area (Å²) in [5.74, 6) is 0.453. The maximum absolute atomic E-state index is 12.8. The van der Waals surface area contributed by atoms with Crippen LogP contribution in [0.3, 0.4) is 0 Å². The van der Waals surface area contributed by atoms with Gasteiger partial charge >= 0.3 is 0 Å². The number of hydrogen-bond donors (Lipinski definition) is 0. The van der Waals surface area contributed by atoms with E-state index in [2.05, 4.69) is 0 Å². The summed E-state index contributed by atoms with van der Waals surface area (Å²) >= 11 is 6.07. The standard InChI is InChI=1S/C17H24ClNO4S/c1-3-4-10-19(14-9-11-24(21,22)12-14)17(20)13(2)23-16-8-6-5-7-15(16)18/h5-8,13-14H,3-4,9-12H2,1-2H3. The minimum atomic E-state index is -3.05. The van der Waals surface area contributed by atoms with E-state index in [9.17, 15) is 13.2 Å². The largest absolute Gasteiger partial charge is 0.479 e. The summed E-state index contributed by atoms with van der Waals surface area (Å²) < 4.78 is 29.2. The number of hydrogen-bond acceptors (Lipinski definition) is 4. The zero-order valence-corrected chi connectivity index (χ0v) is 15.6. The lowest BCUT2D eigenvalue weighted by Crippen LogP contribution is -2.47. The summed E-state index contributed by atoms with van der Waals surface area (Å²) in [7, 11) is -3.05. The molecule has 5 nitrogen and oxygen atoms in total. The van der Waals surface area contributed by atoms with Crippen molar-refractivity contribution in [2.24, 2.45) is 0 Å². The van der Waals surface area contributed by atoms with Crippen LogP contribution in [0.15, 0.2) is 24.3 Å². The highest BCUT2D eigenvalue weighted by atomic mass is 35.5. The fourth-order valence-electron chi connectivity index (χ4n) is 2.84. The Hall–Kier alpha value is -1.27. The van der Waals surface area contributed by atoms with E-state index in [1.54, 1.807) is 36.1 Å². The van der Waals surface area contributed by atoms with Gasteiger partial charge in [0, 0.05) is 12.6 Å². The van der Waals surface area contributed by atoms with Gasteiger partial charge in [0.25, 0.3) is 5.91 Å². The number of halogens is 1. The van der Waals surface area contributed by atoms with Gasteiger partial charge in [-0.25, -0.2) is 8.42 Å². The lowest BCUT2D eigenvalue weighted by atomic mass is 10.1. The molecule has 1 amide bonds. The van der Waals surface area contributed by atoms with E-state index < -0.39 is 15.9 Å². The van der Waals surface area contributed by atoms with Gasteiger partial charge in [0.15, 0.2) is 15.9 Å². The van der Waals surface area contributed by atoms with Gasteiger partial charge in [-0.2, -0.15) is 0 Å². The average molecular weight is 374 g/mol. The van der Waals surface area contributed by atoms with Crippen LogP contribution in [0, 0.1) is 0 Å². The van der Waals surface area contributed by atoms with E-state index in [-0.39, 0.29) is 23.5 Å². The minimum absolute atomic E-state index is 0.0429. The van der Waals surface area contributed by atoms with Crippen molar-refractivity contribution in [3.8, 4) is 5.75 Å². The summed E-state index contributed by atoms with van der Waals surface area (Å²) in [5, 5.41) is 0.445. The van der Waals surface area contributed by atoms with Gasteiger partial charge in [-0.05, 0) is 31.9 Å². The molecule has 0 radical (unpaired) electrons. The number of rotatable bonds is 7. The molecule has 0 N–H and O–H groups in total. The van der Waals surface area contributed by atoms with Crippen molar-refractivity contribution >= 4 is 27.3 Å². The molecule has 0 saturated carbocycles. The molecule has 7 heteroatoms. The Morgan fingerprint density at radius 2 is 2.12 bits per heavy atom. The van der Waals surface area contributed by atoms with Crippen molar-refractivity contribution in [1.82, 2.24) is 4.90 Å².